The maximum absolute atomic E-state index is 13.8. The van der Waals surface area contributed by atoms with Crippen molar-refractivity contribution < 1.29 is 9.18 Å². The van der Waals surface area contributed by atoms with Gasteiger partial charge >= 0.3 is 0 Å². The monoisotopic (exact) mass is 343 g/mol. The Labute approximate surface area is 136 Å². The van der Waals surface area contributed by atoms with Crippen molar-refractivity contribution in [1.29, 1.82) is 0 Å². The number of thiophene rings is 1. The van der Waals surface area contributed by atoms with Gasteiger partial charge in [-0.05, 0) is 25.0 Å². The molecule has 1 saturated carbocycles. The first-order valence-electron chi connectivity index (χ1n) is 6.55. The van der Waals surface area contributed by atoms with E-state index in [0.717, 1.165) is 12.8 Å². The van der Waals surface area contributed by atoms with Crippen LogP contribution >= 0.6 is 34.5 Å². The van der Waals surface area contributed by atoms with E-state index in [1.807, 2.05) is 0 Å². The fourth-order valence-electron chi connectivity index (χ4n) is 2.20. The van der Waals surface area contributed by atoms with E-state index in [1.54, 1.807) is 29.2 Å². The van der Waals surface area contributed by atoms with Crippen LogP contribution in [0.2, 0.25) is 8.67 Å². The highest BCUT2D eigenvalue weighted by molar-refractivity contribution is 7.20. The van der Waals surface area contributed by atoms with Crippen molar-refractivity contribution in [3.8, 4) is 0 Å². The molecule has 0 spiro atoms. The van der Waals surface area contributed by atoms with Crippen molar-refractivity contribution in [2.45, 2.75) is 25.4 Å². The minimum Gasteiger partial charge on any atom is -0.331 e. The maximum atomic E-state index is 13.8. The molecule has 110 valence electrons. The molecule has 0 N–H and O–H groups in total. The predicted octanol–water partition coefficient (Wildman–Crippen LogP) is 5.00. The summed E-state index contributed by atoms with van der Waals surface area (Å²) in [5.41, 5.74) is 0.908. The van der Waals surface area contributed by atoms with Gasteiger partial charge in [0.1, 0.15) is 10.2 Å². The van der Waals surface area contributed by atoms with E-state index in [2.05, 4.69) is 0 Å². The zero-order valence-electron chi connectivity index (χ0n) is 11.0. The number of nitrogens with zero attached hydrogens (tertiary/aromatic N) is 1. The highest BCUT2D eigenvalue weighted by Gasteiger charge is 2.34. The number of hydrogen-bond donors (Lipinski definition) is 0. The van der Waals surface area contributed by atoms with Gasteiger partial charge in [-0.2, -0.15) is 0 Å². The molecule has 1 amide bonds. The van der Waals surface area contributed by atoms with Gasteiger partial charge in [-0.3, -0.25) is 4.79 Å². The lowest BCUT2D eigenvalue weighted by atomic mass is 10.2. The molecular formula is C15H12Cl2FNOS. The third kappa shape index (κ3) is 3.23. The first-order chi connectivity index (χ1) is 10.1. The van der Waals surface area contributed by atoms with Gasteiger partial charge in [0.2, 0.25) is 0 Å². The Morgan fingerprint density at radius 2 is 2.05 bits per heavy atom. The fraction of sp³-hybridized carbons (Fsp3) is 0.267. The van der Waals surface area contributed by atoms with Gasteiger partial charge in [-0.1, -0.05) is 41.4 Å². The van der Waals surface area contributed by atoms with E-state index in [0.29, 0.717) is 19.8 Å². The Morgan fingerprint density at radius 3 is 2.62 bits per heavy atom. The lowest BCUT2D eigenvalue weighted by Gasteiger charge is -2.22. The van der Waals surface area contributed by atoms with Gasteiger partial charge < -0.3 is 4.90 Å². The molecule has 3 rings (SSSR count). The fourth-order valence-corrected chi connectivity index (χ4v) is 3.65. The van der Waals surface area contributed by atoms with E-state index in [9.17, 15) is 9.18 Å². The molecule has 1 heterocycles. The standard InChI is InChI=1S/C15H12Cl2FNOS/c16-13-7-11(14(17)21-13)15(20)19(10-5-6-10)8-9-3-1-2-4-12(9)18/h1-4,7,10H,5-6,8H2. The normalized spacial score (nSPS) is 14.2. The molecule has 1 fully saturated rings. The van der Waals surface area contributed by atoms with Crippen molar-refractivity contribution in [1.82, 2.24) is 4.90 Å². The molecule has 2 aromatic rings. The highest BCUT2D eigenvalue weighted by Crippen LogP contribution is 2.35. The molecule has 1 aromatic carbocycles. The molecule has 0 atom stereocenters. The zero-order chi connectivity index (χ0) is 15.0. The first-order valence-corrected chi connectivity index (χ1v) is 8.12. The minimum absolute atomic E-state index is 0.159. The number of rotatable bonds is 4. The van der Waals surface area contributed by atoms with Crippen LogP contribution in [-0.4, -0.2) is 16.8 Å². The van der Waals surface area contributed by atoms with Gasteiger partial charge in [0, 0.05) is 18.2 Å². The summed E-state index contributed by atoms with van der Waals surface area (Å²) in [5.74, 6) is -0.487. The zero-order valence-corrected chi connectivity index (χ0v) is 13.3. The molecule has 1 aliphatic rings. The lowest BCUT2D eigenvalue weighted by molar-refractivity contribution is 0.0729. The topological polar surface area (TPSA) is 20.3 Å². The third-order valence-electron chi connectivity index (χ3n) is 3.43. The third-order valence-corrected chi connectivity index (χ3v) is 4.92. The Morgan fingerprint density at radius 1 is 1.33 bits per heavy atom. The predicted molar refractivity (Wildman–Crippen MR) is 83.6 cm³/mol. The Bertz CT molecular complexity index is 684. The van der Waals surface area contributed by atoms with Crippen LogP contribution in [0.4, 0.5) is 4.39 Å². The average Bonchev–Trinajstić information content (AvgIpc) is 3.22. The van der Waals surface area contributed by atoms with Crippen LogP contribution in [0.25, 0.3) is 0 Å². The SMILES string of the molecule is O=C(c1cc(Cl)sc1Cl)N(Cc1ccccc1F)C1CC1. The number of hydrogen-bond acceptors (Lipinski definition) is 2. The van der Waals surface area contributed by atoms with Crippen LogP contribution < -0.4 is 0 Å². The number of carbonyl (C=O) groups is 1. The van der Waals surface area contributed by atoms with E-state index in [4.69, 9.17) is 23.2 Å². The van der Waals surface area contributed by atoms with E-state index < -0.39 is 0 Å². The van der Waals surface area contributed by atoms with E-state index in [1.165, 1.54) is 17.4 Å². The smallest absolute Gasteiger partial charge is 0.256 e. The number of amides is 1. The Kier molecular flexibility index (Phi) is 4.20. The second-order valence-corrected chi connectivity index (χ2v) is 7.28. The summed E-state index contributed by atoms with van der Waals surface area (Å²) in [6.07, 6.45) is 1.88. The van der Waals surface area contributed by atoms with Gasteiger partial charge in [-0.25, -0.2) is 4.39 Å². The van der Waals surface area contributed by atoms with E-state index >= 15 is 0 Å². The molecule has 0 unspecified atom stereocenters. The molecule has 0 radical (unpaired) electrons. The van der Waals surface area contributed by atoms with Gasteiger partial charge in [0.25, 0.3) is 5.91 Å². The Hall–Kier alpha value is -1.10. The first kappa shape index (κ1) is 14.8. The average molecular weight is 344 g/mol. The highest BCUT2D eigenvalue weighted by atomic mass is 35.5. The van der Waals surface area contributed by atoms with Gasteiger partial charge in [-0.15, -0.1) is 11.3 Å². The minimum atomic E-state index is -0.301. The largest absolute Gasteiger partial charge is 0.331 e. The Balaban J connectivity index is 1.87. The van der Waals surface area contributed by atoms with Crippen molar-refractivity contribution in [2.24, 2.45) is 0 Å². The van der Waals surface area contributed by atoms with Crippen LogP contribution in [0.1, 0.15) is 28.8 Å². The molecule has 1 aromatic heterocycles. The van der Waals surface area contributed by atoms with Crippen molar-refractivity contribution in [2.75, 3.05) is 0 Å². The molecule has 6 heteroatoms. The molecular weight excluding hydrogens is 332 g/mol. The summed E-state index contributed by atoms with van der Waals surface area (Å²) in [4.78, 5) is 14.3. The van der Waals surface area contributed by atoms with Crippen molar-refractivity contribution in [3.05, 3.63) is 55.9 Å². The summed E-state index contributed by atoms with van der Waals surface area (Å²) in [5, 5.41) is 0. The summed E-state index contributed by atoms with van der Waals surface area (Å²) < 4.78 is 14.7. The number of benzene rings is 1. The summed E-state index contributed by atoms with van der Waals surface area (Å²) in [6, 6.07) is 8.24. The van der Waals surface area contributed by atoms with Crippen molar-refractivity contribution >= 4 is 40.4 Å². The van der Waals surface area contributed by atoms with Crippen LogP contribution in [0, 0.1) is 5.82 Å². The number of halogens is 3. The second kappa shape index (κ2) is 5.95. The summed E-state index contributed by atoms with van der Waals surface area (Å²) in [7, 11) is 0. The molecule has 0 bridgehead atoms. The molecule has 2 nitrogen and oxygen atoms in total. The molecule has 0 aliphatic heterocycles. The molecule has 0 saturated heterocycles. The van der Waals surface area contributed by atoms with Crippen LogP contribution in [0.5, 0.6) is 0 Å². The quantitative estimate of drug-likeness (QED) is 0.764. The van der Waals surface area contributed by atoms with Crippen molar-refractivity contribution in [3.63, 3.8) is 0 Å². The van der Waals surface area contributed by atoms with E-state index in [-0.39, 0.29) is 24.3 Å². The molecule has 21 heavy (non-hydrogen) atoms. The lowest BCUT2D eigenvalue weighted by Crippen LogP contribution is -2.32. The van der Waals surface area contributed by atoms with Crippen LogP contribution in [0.15, 0.2) is 30.3 Å². The van der Waals surface area contributed by atoms with Crippen LogP contribution in [-0.2, 0) is 6.54 Å². The summed E-state index contributed by atoms with van der Waals surface area (Å²) >= 11 is 13.1. The van der Waals surface area contributed by atoms with Gasteiger partial charge in [0.05, 0.1) is 9.90 Å². The number of carbonyl (C=O) groups excluding carboxylic acids is 1. The summed E-state index contributed by atoms with van der Waals surface area (Å²) in [6.45, 7) is 0.250. The maximum Gasteiger partial charge on any atom is 0.256 e. The van der Waals surface area contributed by atoms with Crippen LogP contribution in [0.3, 0.4) is 0 Å². The second-order valence-electron chi connectivity index (χ2n) is 4.99. The van der Waals surface area contributed by atoms with Gasteiger partial charge in [0.15, 0.2) is 0 Å². The molecule has 1 aliphatic carbocycles.